The molecule has 1 aromatic heterocycles. The normalized spacial score (nSPS) is 9.40. The quantitative estimate of drug-likeness (QED) is 0.942. The van der Waals surface area contributed by atoms with Crippen LogP contribution >= 0.6 is 28.3 Å². The van der Waals surface area contributed by atoms with Gasteiger partial charge in [-0.2, -0.15) is 5.10 Å². The first-order valence-corrected chi connectivity index (χ1v) is 5.01. The van der Waals surface area contributed by atoms with Crippen molar-refractivity contribution in [1.82, 2.24) is 10.2 Å². The highest BCUT2D eigenvalue weighted by atomic mass is 79.9. The first-order chi connectivity index (χ1) is 6.86. The van der Waals surface area contributed by atoms with Crippen molar-refractivity contribution in [3.05, 3.63) is 46.6 Å². The summed E-state index contributed by atoms with van der Waals surface area (Å²) in [6.45, 7) is 0.543. The van der Waals surface area contributed by atoms with E-state index >= 15 is 0 Å². The van der Waals surface area contributed by atoms with Crippen molar-refractivity contribution in [2.45, 2.75) is 6.61 Å². The van der Waals surface area contributed by atoms with Gasteiger partial charge in [0, 0.05) is 0 Å². The first kappa shape index (κ1) is 12.1. The first-order valence-electron chi connectivity index (χ1n) is 4.22. The molecule has 0 aliphatic heterocycles. The second-order valence-corrected chi connectivity index (χ2v) is 3.68. The summed E-state index contributed by atoms with van der Waals surface area (Å²) in [5.74, 6) is 0.661. The van der Waals surface area contributed by atoms with Crippen molar-refractivity contribution in [3.8, 4) is 5.88 Å². The molecule has 0 saturated heterocycles. The Morgan fingerprint density at radius 3 is 2.60 bits per heavy atom. The minimum absolute atomic E-state index is 0. The molecule has 3 nitrogen and oxygen atoms in total. The Morgan fingerprint density at radius 2 is 2.00 bits per heavy atom. The molecule has 2 aromatic rings. The van der Waals surface area contributed by atoms with E-state index in [0.29, 0.717) is 12.5 Å². The highest BCUT2D eigenvalue weighted by molar-refractivity contribution is 9.10. The highest BCUT2D eigenvalue weighted by Crippen LogP contribution is 2.21. The van der Waals surface area contributed by atoms with Crippen LogP contribution in [0.4, 0.5) is 0 Å². The predicted molar refractivity (Wildman–Crippen MR) is 64.3 cm³/mol. The van der Waals surface area contributed by atoms with Gasteiger partial charge < -0.3 is 4.74 Å². The van der Waals surface area contributed by atoms with E-state index < -0.39 is 0 Å². The number of aromatic nitrogens is 2. The molecule has 0 aliphatic carbocycles. The molecule has 1 aromatic carbocycles. The standard InChI is InChI=1S/C10H9BrN2O.ClH/c11-9-6-12-13-10(9)14-7-8-4-2-1-3-5-8;/h1-6H,7H2,(H,12,13);1H. The molecule has 80 valence electrons. The largest absolute Gasteiger partial charge is 0.472 e. The molecule has 1 N–H and O–H groups in total. The zero-order chi connectivity index (χ0) is 9.80. The van der Waals surface area contributed by atoms with Crippen molar-refractivity contribution >= 4 is 28.3 Å². The molecule has 0 fully saturated rings. The third-order valence-corrected chi connectivity index (χ3v) is 2.35. The van der Waals surface area contributed by atoms with Gasteiger partial charge in [0.15, 0.2) is 0 Å². The van der Waals surface area contributed by atoms with Crippen LogP contribution in [0, 0.1) is 0 Å². The van der Waals surface area contributed by atoms with Crippen LogP contribution in [-0.4, -0.2) is 10.2 Å². The fraction of sp³-hybridized carbons (Fsp3) is 0.100. The second kappa shape index (κ2) is 5.78. The molecule has 2 rings (SSSR count). The van der Waals surface area contributed by atoms with Crippen LogP contribution in [-0.2, 0) is 6.61 Å². The summed E-state index contributed by atoms with van der Waals surface area (Å²) >= 11 is 3.32. The molecule has 0 bridgehead atoms. The van der Waals surface area contributed by atoms with Gasteiger partial charge in [-0.1, -0.05) is 30.3 Å². The Morgan fingerprint density at radius 1 is 1.27 bits per heavy atom. The van der Waals surface area contributed by atoms with E-state index in [2.05, 4.69) is 26.1 Å². The summed E-state index contributed by atoms with van der Waals surface area (Å²) in [7, 11) is 0. The van der Waals surface area contributed by atoms with Gasteiger partial charge in [-0.05, 0) is 21.5 Å². The van der Waals surface area contributed by atoms with Crippen molar-refractivity contribution in [2.24, 2.45) is 0 Å². The van der Waals surface area contributed by atoms with Gasteiger partial charge >= 0.3 is 0 Å². The van der Waals surface area contributed by atoms with Crippen molar-refractivity contribution in [2.75, 3.05) is 0 Å². The van der Waals surface area contributed by atoms with Gasteiger partial charge in [0.05, 0.1) is 10.7 Å². The Labute approximate surface area is 102 Å². The van der Waals surface area contributed by atoms with Crippen LogP contribution in [0.15, 0.2) is 41.0 Å². The molecular weight excluding hydrogens is 279 g/mol. The Kier molecular flexibility index (Phi) is 4.65. The average molecular weight is 290 g/mol. The van der Waals surface area contributed by atoms with Crippen LogP contribution < -0.4 is 4.74 Å². The SMILES string of the molecule is Brc1cn[nH]c1OCc1ccccc1.Cl. The zero-order valence-corrected chi connectivity index (χ0v) is 10.2. The number of benzene rings is 1. The maximum atomic E-state index is 5.50. The van der Waals surface area contributed by atoms with E-state index in [1.165, 1.54) is 0 Å². The zero-order valence-electron chi connectivity index (χ0n) is 7.81. The van der Waals surface area contributed by atoms with Gasteiger partial charge in [-0.25, -0.2) is 5.10 Å². The lowest BCUT2D eigenvalue weighted by Gasteiger charge is -2.03. The molecule has 0 aliphatic rings. The van der Waals surface area contributed by atoms with Crippen molar-refractivity contribution < 1.29 is 4.74 Å². The minimum Gasteiger partial charge on any atom is -0.472 e. The summed E-state index contributed by atoms with van der Waals surface area (Å²) in [6.07, 6.45) is 1.67. The molecule has 0 unspecified atom stereocenters. The summed E-state index contributed by atoms with van der Waals surface area (Å²) in [5, 5.41) is 6.59. The van der Waals surface area contributed by atoms with Crippen LogP contribution in [0.2, 0.25) is 0 Å². The summed E-state index contributed by atoms with van der Waals surface area (Å²) < 4.78 is 6.34. The topological polar surface area (TPSA) is 37.9 Å². The fourth-order valence-electron chi connectivity index (χ4n) is 1.09. The second-order valence-electron chi connectivity index (χ2n) is 2.82. The van der Waals surface area contributed by atoms with E-state index in [-0.39, 0.29) is 12.4 Å². The molecule has 0 saturated carbocycles. The maximum absolute atomic E-state index is 5.50. The lowest BCUT2D eigenvalue weighted by Crippen LogP contribution is -1.95. The van der Waals surface area contributed by atoms with E-state index in [1.54, 1.807) is 6.20 Å². The number of hydrogen-bond acceptors (Lipinski definition) is 2. The van der Waals surface area contributed by atoms with E-state index in [0.717, 1.165) is 10.0 Å². The van der Waals surface area contributed by atoms with Gasteiger partial charge in [0.1, 0.15) is 6.61 Å². The van der Waals surface area contributed by atoms with Crippen LogP contribution in [0.1, 0.15) is 5.56 Å². The van der Waals surface area contributed by atoms with Crippen molar-refractivity contribution in [3.63, 3.8) is 0 Å². The number of ether oxygens (including phenoxy) is 1. The number of nitrogens with zero attached hydrogens (tertiary/aromatic N) is 1. The van der Waals surface area contributed by atoms with Crippen molar-refractivity contribution in [1.29, 1.82) is 0 Å². The van der Waals surface area contributed by atoms with Gasteiger partial charge in [-0.3, -0.25) is 0 Å². The number of nitrogens with one attached hydrogen (secondary N) is 1. The van der Waals surface area contributed by atoms with E-state index in [4.69, 9.17) is 4.74 Å². The van der Waals surface area contributed by atoms with Crippen LogP contribution in [0.5, 0.6) is 5.88 Å². The molecule has 1 heterocycles. The maximum Gasteiger partial charge on any atom is 0.224 e. The smallest absolute Gasteiger partial charge is 0.224 e. The van der Waals surface area contributed by atoms with Crippen LogP contribution in [0.25, 0.3) is 0 Å². The predicted octanol–water partition coefficient (Wildman–Crippen LogP) is 3.17. The summed E-state index contributed by atoms with van der Waals surface area (Å²) in [5.41, 5.74) is 1.13. The summed E-state index contributed by atoms with van der Waals surface area (Å²) in [6, 6.07) is 9.99. The molecule has 15 heavy (non-hydrogen) atoms. The average Bonchev–Trinajstić information content (AvgIpc) is 2.63. The lowest BCUT2D eigenvalue weighted by molar-refractivity contribution is 0.291. The lowest BCUT2D eigenvalue weighted by atomic mass is 10.2. The summed E-state index contributed by atoms with van der Waals surface area (Å²) in [4.78, 5) is 0. The number of rotatable bonds is 3. The Balaban J connectivity index is 0.00000112. The van der Waals surface area contributed by atoms with Crippen LogP contribution in [0.3, 0.4) is 0 Å². The fourth-order valence-corrected chi connectivity index (χ4v) is 1.40. The molecule has 5 heteroatoms. The Hall–Kier alpha value is -1.00. The monoisotopic (exact) mass is 288 g/mol. The third-order valence-electron chi connectivity index (χ3n) is 1.79. The number of halogens is 2. The molecular formula is C10H10BrClN2O. The third kappa shape index (κ3) is 3.25. The number of aromatic amines is 1. The molecule has 0 radical (unpaired) electrons. The van der Waals surface area contributed by atoms with Gasteiger partial charge in [0.25, 0.3) is 0 Å². The Bertz CT molecular complexity index is 405. The van der Waals surface area contributed by atoms with E-state index in [1.807, 2.05) is 30.3 Å². The molecule has 0 atom stereocenters. The van der Waals surface area contributed by atoms with E-state index in [9.17, 15) is 0 Å². The number of H-pyrrole nitrogens is 1. The van der Waals surface area contributed by atoms with Gasteiger partial charge in [-0.15, -0.1) is 12.4 Å². The minimum atomic E-state index is 0. The van der Waals surface area contributed by atoms with Gasteiger partial charge in [0.2, 0.25) is 5.88 Å². The molecule has 0 amide bonds. The number of hydrogen-bond donors (Lipinski definition) is 1. The molecule has 0 spiro atoms. The highest BCUT2D eigenvalue weighted by Gasteiger charge is 2.02.